The lowest BCUT2D eigenvalue weighted by Gasteiger charge is -2.02. The number of nitrogens with one attached hydrogen (secondary N) is 1. The molecule has 0 saturated carbocycles. The van der Waals surface area contributed by atoms with Crippen molar-refractivity contribution in [3.05, 3.63) is 12.1 Å². The van der Waals surface area contributed by atoms with Gasteiger partial charge >= 0.3 is 0 Å². The number of rotatable bonds is 4. The van der Waals surface area contributed by atoms with Crippen LogP contribution < -0.4 is 5.32 Å². The van der Waals surface area contributed by atoms with Crippen molar-refractivity contribution < 1.29 is 0 Å². The van der Waals surface area contributed by atoms with Crippen molar-refractivity contribution in [2.45, 2.75) is 19.8 Å². The zero-order valence-corrected chi connectivity index (χ0v) is 8.01. The van der Waals surface area contributed by atoms with Crippen molar-refractivity contribution in [2.75, 3.05) is 11.9 Å². The van der Waals surface area contributed by atoms with Crippen LogP contribution in [0.25, 0.3) is 5.65 Å². The first kappa shape index (κ1) is 8.86. The number of hydrogen-bond acceptors (Lipinski definition) is 5. The van der Waals surface area contributed by atoms with Crippen molar-refractivity contribution in [3.63, 3.8) is 0 Å². The predicted molar refractivity (Wildman–Crippen MR) is 52.0 cm³/mol. The van der Waals surface area contributed by atoms with Gasteiger partial charge in [0.1, 0.15) is 5.82 Å². The number of nitrogens with zero attached hydrogens (tertiary/aromatic N) is 5. The maximum absolute atomic E-state index is 4.18. The third-order valence-corrected chi connectivity index (χ3v) is 1.91. The van der Waals surface area contributed by atoms with E-state index >= 15 is 0 Å². The molecule has 0 saturated heterocycles. The lowest BCUT2D eigenvalue weighted by molar-refractivity contribution is 0.731. The summed E-state index contributed by atoms with van der Waals surface area (Å²) < 4.78 is 1.41. The Morgan fingerprint density at radius 3 is 3.21 bits per heavy atom. The summed E-state index contributed by atoms with van der Waals surface area (Å²) >= 11 is 0. The SMILES string of the molecule is CCCCNc1ccc2nnnn2n1. The Bertz CT molecular complexity index is 409. The molecule has 0 radical (unpaired) electrons. The van der Waals surface area contributed by atoms with Gasteiger partial charge in [0.05, 0.1) is 0 Å². The van der Waals surface area contributed by atoms with Crippen LogP contribution >= 0.6 is 0 Å². The molecule has 2 heterocycles. The summed E-state index contributed by atoms with van der Waals surface area (Å²) in [6.45, 7) is 3.08. The summed E-state index contributed by atoms with van der Waals surface area (Å²) in [6.07, 6.45) is 2.30. The van der Waals surface area contributed by atoms with Gasteiger partial charge in [0.25, 0.3) is 0 Å². The second-order valence-electron chi connectivity index (χ2n) is 3.03. The fourth-order valence-electron chi connectivity index (χ4n) is 1.14. The van der Waals surface area contributed by atoms with Crippen LogP contribution in [-0.4, -0.2) is 31.8 Å². The van der Waals surface area contributed by atoms with E-state index in [4.69, 9.17) is 0 Å². The third-order valence-electron chi connectivity index (χ3n) is 1.91. The van der Waals surface area contributed by atoms with Crippen LogP contribution in [0.4, 0.5) is 5.82 Å². The molecule has 14 heavy (non-hydrogen) atoms. The molecular weight excluding hydrogens is 180 g/mol. The van der Waals surface area contributed by atoms with E-state index in [2.05, 4.69) is 32.9 Å². The van der Waals surface area contributed by atoms with E-state index in [0.717, 1.165) is 18.8 Å². The highest BCUT2D eigenvalue weighted by atomic mass is 15.6. The maximum Gasteiger partial charge on any atom is 0.200 e. The Labute approximate surface area is 81.3 Å². The number of aromatic nitrogens is 5. The Balaban J connectivity index is 2.10. The molecule has 2 aromatic rings. The Morgan fingerprint density at radius 1 is 1.43 bits per heavy atom. The third kappa shape index (κ3) is 1.78. The van der Waals surface area contributed by atoms with Gasteiger partial charge < -0.3 is 5.32 Å². The molecule has 0 bridgehead atoms. The van der Waals surface area contributed by atoms with Crippen molar-refractivity contribution in [1.82, 2.24) is 25.3 Å². The van der Waals surface area contributed by atoms with Crippen molar-refractivity contribution in [2.24, 2.45) is 0 Å². The normalized spacial score (nSPS) is 10.6. The fourth-order valence-corrected chi connectivity index (χ4v) is 1.14. The molecule has 0 spiro atoms. The zero-order chi connectivity index (χ0) is 9.80. The monoisotopic (exact) mass is 192 g/mol. The van der Waals surface area contributed by atoms with E-state index in [1.165, 1.54) is 11.1 Å². The first-order valence-electron chi connectivity index (χ1n) is 4.69. The van der Waals surface area contributed by atoms with E-state index in [-0.39, 0.29) is 0 Å². The maximum atomic E-state index is 4.18. The van der Waals surface area contributed by atoms with Gasteiger partial charge in [-0.15, -0.1) is 14.8 Å². The molecule has 1 N–H and O–H groups in total. The van der Waals surface area contributed by atoms with Gasteiger partial charge in [0.2, 0.25) is 0 Å². The van der Waals surface area contributed by atoms with E-state index in [1.54, 1.807) is 0 Å². The highest BCUT2D eigenvalue weighted by Crippen LogP contribution is 2.03. The summed E-state index contributed by atoms with van der Waals surface area (Å²) in [5, 5.41) is 18.4. The Morgan fingerprint density at radius 2 is 2.36 bits per heavy atom. The van der Waals surface area contributed by atoms with Gasteiger partial charge in [0, 0.05) is 6.54 Å². The molecular formula is C8H12N6. The van der Waals surface area contributed by atoms with Gasteiger partial charge in [-0.3, -0.25) is 0 Å². The van der Waals surface area contributed by atoms with Crippen molar-refractivity contribution in [1.29, 1.82) is 0 Å². The first-order chi connectivity index (χ1) is 6.90. The molecule has 0 aliphatic carbocycles. The quantitative estimate of drug-likeness (QED) is 0.723. The van der Waals surface area contributed by atoms with Gasteiger partial charge in [0.15, 0.2) is 5.65 Å². The van der Waals surface area contributed by atoms with Crippen molar-refractivity contribution >= 4 is 11.5 Å². The Hall–Kier alpha value is -1.72. The molecule has 6 heteroatoms. The van der Waals surface area contributed by atoms with E-state index in [1.807, 2.05) is 12.1 Å². The molecule has 0 aromatic carbocycles. The minimum Gasteiger partial charge on any atom is -0.369 e. The second-order valence-corrected chi connectivity index (χ2v) is 3.03. The number of tetrazole rings is 1. The summed E-state index contributed by atoms with van der Waals surface area (Å²) in [4.78, 5) is 0. The van der Waals surface area contributed by atoms with Crippen LogP contribution in [-0.2, 0) is 0 Å². The fraction of sp³-hybridized carbons (Fsp3) is 0.500. The van der Waals surface area contributed by atoms with E-state index in [9.17, 15) is 0 Å². The molecule has 74 valence electrons. The van der Waals surface area contributed by atoms with E-state index in [0.29, 0.717) is 5.65 Å². The molecule has 0 amide bonds. The smallest absolute Gasteiger partial charge is 0.200 e. The first-order valence-corrected chi connectivity index (χ1v) is 4.69. The largest absolute Gasteiger partial charge is 0.369 e. The van der Waals surface area contributed by atoms with Crippen LogP contribution in [0.5, 0.6) is 0 Å². The summed E-state index contributed by atoms with van der Waals surface area (Å²) in [6, 6.07) is 3.71. The molecule has 0 aliphatic rings. The van der Waals surface area contributed by atoms with Crippen LogP contribution in [0.1, 0.15) is 19.8 Å². The lowest BCUT2D eigenvalue weighted by Crippen LogP contribution is -2.05. The standard InChI is InChI=1S/C8H12N6/c1-2-3-6-9-7-4-5-8-10-12-13-14(8)11-7/h4-5H,2-3,6H2,1H3,(H,9,11). The minimum atomic E-state index is 0.658. The summed E-state index contributed by atoms with van der Waals surface area (Å²) in [7, 11) is 0. The molecule has 2 rings (SSSR count). The number of hydrogen-bond donors (Lipinski definition) is 1. The average molecular weight is 192 g/mol. The lowest BCUT2D eigenvalue weighted by atomic mass is 10.3. The molecule has 0 fully saturated rings. The van der Waals surface area contributed by atoms with Crippen LogP contribution in [0, 0.1) is 0 Å². The summed E-state index contributed by atoms with van der Waals surface area (Å²) in [5.41, 5.74) is 0.658. The second kappa shape index (κ2) is 3.99. The van der Waals surface area contributed by atoms with E-state index < -0.39 is 0 Å². The van der Waals surface area contributed by atoms with Crippen molar-refractivity contribution in [3.8, 4) is 0 Å². The molecule has 6 nitrogen and oxygen atoms in total. The highest BCUT2D eigenvalue weighted by molar-refractivity contribution is 5.41. The number of anilines is 1. The van der Waals surface area contributed by atoms with Crippen LogP contribution in [0.15, 0.2) is 12.1 Å². The molecule has 0 unspecified atom stereocenters. The van der Waals surface area contributed by atoms with Crippen LogP contribution in [0.2, 0.25) is 0 Å². The summed E-state index contributed by atoms with van der Waals surface area (Å²) in [5.74, 6) is 0.804. The van der Waals surface area contributed by atoms with Gasteiger partial charge in [-0.1, -0.05) is 13.3 Å². The number of unbranched alkanes of at least 4 members (excludes halogenated alkanes) is 1. The zero-order valence-electron chi connectivity index (χ0n) is 8.01. The molecule has 2 aromatic heterocycles. The van der Waals surface area contributed by atoms with Gasteiger partial charge in [-0.05, 0) is 29.0 Å². The van der Waals surface area contributed by atoms with Gasteiger partial charge in [-0.25, -0.2) is 0 Å². The molecule has 0 aliphatic heterocycles. The van der Waals surface area contributed by atoms with Crippen LogP contribution in [0.3, 0.4) is 0 Å². The Kier molecular flexibility index (Phi) is 2.53. The highest BCUT2D eigenvalue weighted by Gasteiger charge is 1.98. The predicted octanol–water partition coefficient (Wildman–Crippen LogP) is 0.731. The number of fused-ring (bicyclic) bond motifs is 1. The van der Waals surface area contributed by atoms with Gasteiger partial charge in [-0.2, -0.15) is 0 Å². The average Bonchev–Trinajstić information content (AvgIpc) is 2.65. The molecule has 0 atom stereocenters. The minimum absolute atomic E-state index is 0.658. The topological polar surface area (TPSA) is 68.0 Å².